The molecule has 5 N–H and O–H groups in total. The molecule has 0 aromatic carbocycles. The van der Waals surface area contributed by atoms with Gasteiger partial charge in [-0.05, 0) is 6.92 Å². The molecule has 0 aliphatic heterocycles. The van der Waals surface area contributed by atoms with Crippen molar-refractivity contribution in [1.29, 1.82) is 0 Å². The quantitative estimate of drug-likeness (QED) is 0.253. The van der Waals surface area contributed by atoms with Gasteiger partial charge in [0.1, 0.15) is 0 Å². The summed E-state index contributed by atoms with van der Waals surface area (Å²) in [6, 6.07) is 0. The SMILES string of the molecule is CCO.O=P(O)(O)OP(=O)(O)OO. The van der Waals surface area contributed by atoms with E-state index in [1.54, 1.807) is 6.92 Å². The van der Waals surface area contributed by atoms with Crippen molar-refractivity contribution in [3.05, 3.63) is 0 Å². The zero-order chi connectivity index (χ0) is 11.1. The lowest BCUT2D eigenvalue weighted by Gasteiger charge is -2.06. The molecule has 0 aromatic heterocycles. The highest BCUT2D eigenvalue weighted by atomic mass is 31.3. The third-order valence-corrected chi connectivity index (χ3v) is 2.20. The van der Waals surface area contributed by atoms with E-state index >= 15 is 0 Å². The largest absolute Gasteiger partial charge is 0.508 e. The second-order valence-corrected chi connectivity index (χ2v) is 4.17. The first-order valence-electron chi connectivity index (χ1n) is 2.72. The summed E-state index contributed by atoms with van der Waals surface area (Å²) >= 11 is 0. The molecule has 0 aliphatic carbocycles. The zero-order valence-electron chi connectivity index (χ0n) is 6.47. The van der Waals surface area contributed by atoms with Crippen molar-refractivity contribution in [3.63, 3.8) is 0 Å². The van der Waals surface area contributed by atoms with Gasteiger partial charge in [0.2, 0.25) is 0 Å². The Bertz CT molecular complexity index is 206. The number of aliphatic hydroxyl groups is 1. The molecule has 0 saturated heterocycles. The molecule has 9 nitrogen and oxygen atoms in total. The van der Waals surface area contributed by atoms with E-state index in [-0.39, 0.29) is 6.61 Å². The summed E-state index contributed by atoms with van der Waals surface area (Å²) in [4.78, 5) is 23.7. The fourth-order valence-electron chi connectivity index (χ4n) is 0.149. The molecule has 0 radical (unpaired) electrons. The Hall–Kier alpha value is 0.180. The standard InChI is InChI=1S/C2H6O.H4O8P2/c1-2-3;1-7-10(5,6)8-9(2,3)4/h3H,2H2,1H3;1H,(H,5,6)(H2,2,3,4). The molecular formula is C2H10O9P2. The Kier molecular flexibility index (Phi) is 7.95. The van der Waals surface area contributed by atoms with Gasteiger partial charge in [-0.15, -0.1) is 4.67 Å². The molecule has 0 bridgehead atoms. The van der Waals surface area contributed by atoms with Crippen molar-refractivity contribution < 1.29 is 43.2 Å². The van der Waals surface area contributed by atoms with Gasteiger partial charge in [0.05, 0.1) is 0 Å². The number of hydrogen-bond acceptors (Lipinski definition) is 6. The summed E-state index contributed by atoms with van der Waals surface area (Å²) < 4.78 is 25.5. The molecule has 0 rings (SSSR count). The van der Waals surface area contributed by atoms with Crippen LogP contribution >= 0.6 is 15.6 Å². The van der Waals surface area contributed by atoms with Crippen LogP contribution < -0.4 is 0 Å². The monoisotopic (exact) mass is 240 g/mol. The molecule has 0 saturated carbocycles. The predicted octanol–water partition coefficient (Wildman–Crippen LogP) is -0.316. The van der Waals surface area contributed by atoms with Gasteiger partial charge in [-0.1, -0.05) is 0 Å². The lowest BCUT2D eigenvalue weighted by atomic mass is 10.9. The maximum atomic E-state index is 9.97. The van der Waals surface area contributed by atoms with Gasteiger partial charge in [-0.2, -0.15) is 4.31 Å². The second kappa shape index (κ2) is 6.61. The van der Waals surface area contributed by atoms with Crippen LogP contribution in [0.2, 0.25) is 0 Å². The normalized spacial score (nSPS) is 15.5. The van der Waals surface area contributed by atoms with E-state index in [4.69, 9.17) is 25.0 Å². The van der Waals surface area contributed by atoms with Crippen LogP contribution in [0, 0.1) is 0 Å². The first kappa shape index (κ1) is 15.6. The van der Waals surface area contributed by atoms with Crippen molar-refractivity contribution in [2.45, 2.75) is 6.92 Å². The molecule has 11 heteroatoms. The predicted molar refractivity (Wildman–Crippen MR) is 39.4 cm³/mol. The molecule has 0 spiro atoms. The fraction of sp³-hybridized carbons (Fsp3) is 1.00. The Labute approximate surface area is 73.3 Å². The molecule has 0 amide bonds. The van der Waals surface area contributed by atoms with Crippen molar-refractivity contribution in [3.8, 4) is 0 Å². The maximum absolute atomic E-state index is 9.97. The summed E-state index contributed by atoms with van der Waals surface area (Å²) in [7, 11) is -10.1. The summed E-state index contributed by atoms with van der Waals surface area (Å²) in [6.07, 6.45) is 0. The lowest BCUT2D eigenvalue weighted by molar-refractivity contribution is -0.157. The van der Waals surface area contributed by atoms with E-state index in [2.05, 4.69) is 8.99 Å². The van der Waals surface area contributed by atoms with Crippen molar-refractivity contribution >= 4 is 15.6 Å². The Morgan fingerprint density at radius 3 is 1.62 bits per heavy atom. The first-order chi connectivity index (χ1) is 5.68. The molecule has 1 atom stereocenters. The van der Waals surface area contributed by atoms with E-state index in [0.29, 0.717) is 0 Å². The second-order valence-electron chi connectivity index (χ2n) is 1.44. The molecule has 0 fully saturated rings. The first-order valence-corrected chi connectivity index (χ1v) is 5.74. The topological polar surface area (TPSA) is 154 Å². The van der Waals surface area contributed by atoms with Crippen molar-refractivity contribution in [2.75, 3.05) is 6.61 Å². The van der Waals surface area contributed by atoms with E-state index in [1.165, 1.54) is 0 Å². The Morgan fingerprint density at radius 2 is 1.54 bits per heavy atom. The van der Waals surface area contributed by atoms with E-state index in [1.807, 2.05) is 0 Å². The summed E-state index contributed by atoms with van der Waals surface area (Å²) in [5.41, 5.74) is 0. The summed E-state index contributed by atoms with van der Waals surface area (Å²) in [6.45, 7) is 1.93. The maximum Gasteiger partial charge on any atom is 0.508 e. The highest BCUT2D eigenvalue weighted by Crippen LogP contribution is 2.56. The van der Waals surface area contributed by atoms with E-state index in [0.717, 1.165) is 0 Å². The van der Waals surface area contributed by atoms with Gasteiger partial charge < -0.3 is 19.8 Å². The van der Waals surface area contributed by atoms with E-state index < -0.39 is 15.6 Å². The van der Waals surface area contributed by atoms with Gasteiger partial charge >= 0.3 is 15.6 Å². The van der Waals surface area contributed by atoms with Crippen molar-refractivity contribution in [2.24, 2.45) is 0 Å². The molecule has 0 heterocycles. The average Bonchev–Trinajstić information content (AvgIpc) is 1.84. The summed E-state index contributed by atoms with van der Waals surface area (Å²) in [5, 5.41) is 15.0. The minimum absolute atomic E-state index is 0.250. The van der Waals surface area contributed by atoms with Gasteiger partial charge in [0.15, 0.2) is 0 Å². The molecular weight excluding hydrogens is 230 g/mol. The number of hydrogen-bond donors (Lipinski definition) is 5. The average molecular weight is 240 g/mol. The van der Waals surface area contributed by atoms with Crippen LogP contribution in [0.1, 0.15) is 6.92 Å². The van der Waals surface area contributed by atoms with Crippen LogP contribution in [-0.2, 0) is 18.1 Å². The minimum atomic E-state index is -5.10. The van der Waals surface area contributed by atoms with Crippen LogP contribution in [0.3, 0.4) is 0 Å². The molecule has 82 valence electrons. The van der Waals surface area contributed by atoms with Crippen LogP contribution in [0.25, 0.3) is 0 Å². The molecule has 1 unspecified atom stereocenters. The molecule has 0 aliphatic rings. The van der Waals surface area contributed by atoms with Gasteiger partial charge in [0, 0.05) is 6.61 Å². The zero-order valence-corrected chi connectivity index (χ0v) is 8.26. The van der Waals surface area contributed by atoms with Gasteiger partial charge in [0.25, 0.3) is 0 Å². The van der Waals surface area contributed by atoms with Crippen LogP contribution in [-0.4, -0.2) is 31.7 Å². The Balaban J connectivity index is 0. The van der Waals surface area contributed by atoms with Crippen LogP contribution in [0.5, 0.6) is 0 Å². The Morgan fingerprint density at radius 1 is 1.23 bits per heavy atom. The van der Waals surface area contributed by atoms with E-state index in [9.17, 15) is 9.13 Å². The fourth-order valence-corrected chi connectivity index (χ4v) is 1.34. The highest BCUT2D eigenvalue weighted by Gasteiger charge is 2.32. The number of aliphatic hydroxyl groups excluding tert-OH is 1. The van der Waals surface area contributed by atoms with Gasteiger partial charge in [-0.3, -0.25) is 0 Å². The van der Waals surface area contributed by atoms with Gasteiger partial charge in [-0.25, -0.2) is 14.4 Å². The smallest absolute Gasteiger partial charge is 0.397 e. The van der Waals surface area contributed by atoms with Crippen LogP contribution in [0.4, 0.5) is 0 Å². The lowest BCUT2D eigenvalue weighted by Crippen LogP contribution is -1.89. The molecule has 13 heavy (non-hydrogen) atoms. The highest BCUT2D eigenvalue weighted by molar-refractivity contribution is 7.60. The van der Waals surface area contributed by atoms with Crippen molar-refractivity contribution in [1.82, 2.24) is 0 Å². The number of phosphoric acid groups is 2. The summed E-state index contributed by atoms with van der Waals surface area (Å²) in [5.74, 6) is 0. The minimum Gasteiger partial charge on any atom is -0.397 e. The number of rotatable bonds is 3. The third-order valence-electron chi connectivity index (χ3n) is 0.313. The third kappa shape index (κ3) is 15.0. The van der Waals surface area contributed by atoms with Crippen LogP contribution in [0.15, 0.2) is 0 Å². The molecule has 0 aromatic rings.